The van der Waals surface area contributed by atoms with E-state index in [-0.39, 0.29) is 0 Å². The van der Waals surface area contributed by atoms with Gasteiger partial charge in [-0.2, -0.15) is 0 Å². The van der Waals surface area contributed by atoms with Gasteiger partial charge in [-0.1, -0.05) is 58.3 Å². The molecule has 1 aliphatic carbocycles. The zero-order valence-corrected chi connectivity index (χ0v) is 14.8. The summed E-state index contributed by atoms with van der Waals surface area (Å²) in [6, 6.07) is 0. The Hall–Kier alpha value is -0.510. The highest BCUT2D eigenvalue weighted by atomic mass is 32.2. The first kappa shape index (κ1) is 20.5. The molecule has 0 saturated carbocycles. The molecule has 0 bridgehead atoms. The van der Waals surface area contributed by atoms with E-state index < -0.39 is 6.10 Å². The average molecular weight is 312 g/mol. The van der Waals surface area contributed by atoms with Gasteiger partial charge in [-0.05, 0) is 43.2 Å². The second-order valence-electron chi connectivity index (χ2n) is 5.18. The summed E-state index contributed by atoms with van der Waals surface area (Å²) in [6.07, 6.45) is 14.7. The number of hydrogen-bond acceptors (Lipinski definition) is 3. The maximum Gasteiger partial charge on any atom is 0.0802 e. The Morgan fingerprint density at radius 3 is 2.52 bits per heavy atom. The normalized spacial score (nSPS) is 15.5. The van der Waals surface area contributed by atoms with Crippen molar-refractivity contribution in [1.82, 2.24) is 0 Å². The molecule has 2 nitrogen and oxygen atoms in total. The summed E-state index contributed by atoms with van der Waals surface area (Å²) >= 11 is 1.88. The number of rotatable bonds is 8. The highest BCUT2D eigenvalue weighted by molar-refractivity contribution is 8.03. The molecule has 1 rings (SSSR count). The lowest BCUT2D eigenvalue weighted by Crippen LogP contribution is -2.15. The Labute approximate surface area is 135 Å². The van der Waals surface area contributed by atoms with E-state index in [0.717, 1.165) is 17.7 Å². The molecule has 122 valence electrons. The van der Waals surface area contributed by atoms with Crippen LogP contribution in [0.5, 0.6) is 0 Å². The molecule has 1 aliphatic rings. The molecule has 0 aliphatic heterocycles. The maximum atomic E-state index is 9.95. The van der Waals surface area contributed by atoms with E-state index in [4.69, 9.17) is 5.73 Å². The zero-order chi connectivity index (χ0) is 15.9. The van der Waals surface area contributed by atoms with Crippen LogP contribution in [0.25, 0.3) is 0 Å². The molecular formula is C18H33NOS. The van der Waals surface area contributed by atoms with E-state index in [1.165, 1.54) is 30.6 Å². The maximum absolute atomic E-state index is 9.95. The minimum Gasteiger partial charge on any atom is -0.388 e. The molecule has 0 fully saturated rings. The summed E-state index contributed by atoms with van der Waals surface area (Å²) in [5, 5.41) is 9.95. The van der Waals surface area contributed by atoms with Gasteiger partial charge in [-0.15, -0.1) is 11.8 Å². The van der Waals surface area contributed by atoms with Crippen LogP contribution in [0.2, 0.25) is 0 Å². The number of hydrogen-bond donors (Lipinski definition) is 2. The lowest BCUT2D eigenvalue weighted by molar-refractivity contribution is 0.207. The third-order valence-corrected chi connectivity index (χ3v) is 4.28. The van der Waals surface area contributed by atoms with E-state index in [1.807, 2.05) is 17.8 Å². The van der Waals surface area contributed by atoms with Crippen LogP contribution in [-0.4, -0.2) is 23.5 Å². The Morgan fingerprint density at radius 1 is 1.24 bits per heavy atom. The summed E-state index contributed by atoms with van der Waals surface area (Å²) in [6.45, 7) is 7.09. The van der Waals surface area contributed by atoms with Gasteiger partial charge in [0.25, 0.3) is 0 Å². The number of aliphatic hydroxyl groups is 1. The van der Waals surface area contributed by atoms with Crippen LogP contribution in [-0.2, 0) is 0 Å². The second-order valence-corrected chi connectivity index (χ2v) is 6.35. The average Bonchev–Trinajstić information content (AvgIpc) is 2.74. The molecule has 0 aromatic rings. The topological polar surface area (TPSA) is 46.2 Å². The van der Waals surface area contributed by atoms with Crippen molar-refractivity contribution in [2.24, 2.45) is 5.73 Å². The quantitative estimate of drug-likeness (QED) is 0.633. The Balaban J connectivity index is 0.000000885. The summed E-state index contributed by atoms with van der Waals surface area (Å²) in [7, 11) is 0. The van der Waals surface area contributed by atoms with Gasteiger partial charge < -0.3 is 10.8 Å². The molecule has 0 saturated heterocycles. The first-order valence-electron chi connectivity index (χ1n) is 8.28. The molecule has 0 heterocycles. The van der Waals surface area contributed by atoms with E-state index in [9.17, 15) is 5.11 Å². The van der Waals surface area contributed by atoms with Crippen molar-refractivity contribution in [3.05, 3.63) is 34.8 Å². The number of aliphatic hydroxyl groups excluding tert-OH is 1. The smallest absolute Gasteiger partial charge is 0.0802 e. The van der Waals surface area contributed by atoms with Gasteiger partial charge in [0, 0.05) is 4.91 Å². The second kappa shape index (κ2) is 14.4. The molecule has 0 spiro atoms. The van der Waals surface area contributed by atoms with Gasteiger partial charge in [0.05, 0.1) is 6.10 Å². The fourth-order valence-corrected chi connectivity index (χ4v) is 2.73. The Morgan fingerprint density at radius 2 is 1.95 bits per heavy atom. The van der Waals surface area contributed by atoms with Crippen LogP contribution >= 0.6 is 11.8 Å². The number of nitrogens with two attached hydrogens (primary N) is 1. The third kappa shape index (κ3) is 10.8. The van der Waals surface area contributed by atoms with Crippen molar-refractivity contribution < 1.29 is 5.11 Å². The lowest BCUT2D eigenvalue weighted by Gasteiger charge is -2.11. The van der Waals surface area contributed by atoms with Gasteiger partial charge in [0.15, 0.2) is 0 Å². The predicted octanol–water partition coefficient (Wildman–Crippen LogP) is 4.81. The first-order chi connectivity index (χ1) is 10.2. The highest BCUT2D eigenvalue weighted by Crippen LogP contribution is 2.25. The van der Waals surface area contributed by atoms with Crippen molar-refractivity contribution in [3.8, 4) is 0 Å². The molecular weight excluding hydrogens is 278 g/mol. The van der Waals surface area contributed by atoms with E-state index in [2.05, 4.69) is 39.0 Å². The standard InChI is InChI=1S/C14H23NOS.C4H10/c1-2-3-10-17-13-7-5-4-6-12(11-13)14(16)8-9-15;1-3-4-2/h4,6-7,11,14,16H,2-3,5,8-10,15H2,1H3;3-4H2,1-2H3. The molecule has 0 aromatic heterocycles. The first-order valence-corrected chi connectivity index (χ1v) is 9.27. The fourth-order valence-electron chi connectivity index (χ4n) is 1.63. The van der Waals surface area contributed by atoms with Crippen molar-refractivity contribution >= 4 is 11.8 Å². The van der Waals surface area contributed by atoms with Gasteiger partial charge >= 0.3 is 0 Å². The van der Waals surface area contributed by atoms with Crippen molar-refractivity contribution in [1.29, 1.82) is 0 Å². The van der Waals surface area contributed by atoms with Crippen molar-refractivity contribution in [2.75, 3.05) is 12.3 Å². The minimum atomic E-state index is -0.426. The molecule has 3 N–H and O–H groups in total. The summed E-state index contributed by atoms with van der Waals surface area (Å²) in [5.74, 6) is 1.15. The van der Waals surface area contributed by atoms with Crippen LogP contribution in [0.3, 0.4) is 0 Å². The van der Waals surface area contributed by atoms with Crippen LogP contribution in [0.4, 0.5) is 0 Å². The van der Waals surface area contributed by atoms with Crippen LogP contribution < -0.4 is 5.73 Å². The Bertz CT molecular complexity index is 332. The van der Waals surface area contributed by atoms with Gasteiger partial charge in [-0.3, -0.25) is 0 Å². The minimum absolute atomic E-state index is 0.426. The van der Waals surface area contributed by atoms with Gasteiger partial charge in [-0.25, -0.2) is 0 Å². The van der Waals surface area contributed by atoms with Crippen molar-refractivity contribution in [2.45, 2.75) is 65.4 Å². The lowest BCUT2D eigenvalue weighted by atomic mass is 10.1. The van der Waals surface area contributed by atoms with Crippen LogP contribution in [0, 0.1) is 0 Å². The molecule has 3 heteroatoms. The van der Waals surface area contributed by atoms with E-state index >= 15 is 0 Å². The highest BCUT2D eigenvalue weighted by Gasteiger charge is 2.09. The molecule has 0 radical (unpaired) electrons. The molecule has 1 unspecified atom stereocenters. The molecule has 0 amide bonds. The summed E-state index contributed by atoms with van der Waals surface area (Å²) in [5.41, 5.74) is 6.47. The largest absolute Gasteiger partial charge is 0.388 e. The number of unbranched alkanes of at least 4 members (excludes halogenated alkanes) is 2. The summed E-state index contributed by atoms with van der Waals surface area (Å²) in [4.78, 5) is 1.27. The number of allylic oxidation sites excluding steroid dienone is 3. The van der Waals surface area contributed by atoms with E-state index in [0.29, 0.717) is 13.0 Å². The molecule has 1 atom stereocenters. The number of thioether (sulfide) groups is 1. The monoisotopic (exact) mass is 311 g/mol. The van der Waals surface area contributed by atoms with Gasteiger partial charge in [0.2, 0.25) is 0 Å². The van der Waals surface area contributed by atoms with E-state index in [1.54, 1.807) is 0 Å². The zero-order valence-electron chi connectivity index (χ0n) is 14.0. The predicted molar refractivity (Wildman–Crippen MR) is 97.5 cm³/mol. The summed E-state index contributed by atoms with van der Waals surface area (Å²) < 4.78 is 0. The molecule has 0 aromatic carbocycles. The SMILES string of the molecule is CCCC.CCCCSC1=CCC=CC(C(O)CCN)=C1. The molecule has 21 heavy (non-hydrogen) atoms. The van der Waals surface area contributed by atoms with Crippen LogP contribution in [0.15, 0.2) is 34.8 Å². The fraction of sp³-hybridized carbons (Fsp3) is 0.667. The van der Waals surface area contributed by atoms with Gasteiger partial charge in [0.1, 0.15) is 0 Å². The third-order valence-electron chi connectivity index (χ3n) is 3.17. The van der Waals surface area contributed by atoms with Crippen molar-refractivity contribution in [3.63, 3.8) is 0 Å². The van der Waals surface area contributed by atoms with Crippen LogP contribution in [0.1, 0.15) is 59.3 Å². The Kier molecular flexibility index (Phi) is 14.1.